The second-order valence-corrected chi connectivity index (χ2v) is 9.54. The Morgan fingerprint density at radius 3 is 2.36 bits per heavy atom. The van der Waals surface area contributed by atoms with Gasteiger partial charge in [-0.3, -0.25) is 9.48 Å². The van der Waals surface area contributed by atoms with Crippen LogP contribution < -0.4 is 4.90 Å². The highest BCUT2D eigenvalue weighted by Crippen LogP contribution is 2.25. The number of amides is 1. The highest BCUT2D eigenvalue weighted by molar-refractivity contribution is 6.29. The number of hydrogen-bond acceptors (Lipinski definition) is 6. The summed E-state index contributed by atoms with van der Waals surface area (Å²) >= 11 is 5.93. The van der Waals surface area contributed by atoms with Gasteiger partial charge in [-0.2, -0.15) is 10.1 Å². The number of halogens is 1. The van der Waals surface area contributed by atoms with Gasteiger partial charge in [0.1, 0.15) is 5.15 Å². The fraction of sp³-hybridized carbons (Fsp3) is 0.333. The van der Waals surface area contributed by atoms with Crippen molar-refractivity contribution in [2.24, 2.45) is 0 Å². The molecule has 0 N–H and O–H groups in total. The van der Waals surface area contributed by atoms with E-state index in [-0.39, 0.29) is 11.4 Å². The third-order valence-electron chi connectivity index (χ3n) is 5.78. The molecule has 4 aromatic rings. The zero-order valence-electron chi connectivity index (χ0n) is 18.8. The van der Waals surface area contributed by atoms with Crippen LogP contribution in [0.3, 0.4) is 0 Å². The lowest BCUT2D eigenvalue weighted by molar-refractivity contribution is 0.0745. The first-order valence-electron chi connectivity index (χ1n) is 10.9. The Balaban J connectivity index is 1.23. The summed E-state index contributed by atoms with van der Waals surface area (Å²) in [5.74, 6) is 0.0256. The number of piperazine rings is 1. The third kappa shape index (κ3) is 4.30. The van der Waals surface area contributed by atoms with Crippen molar-refractivity contribution in [3.8, 4) is 11.1 Å². The lowest BCUT2D eigenvalue weighted by Gasteiger charge is -2.33. The number of oxazole rings is 1. The average molecular weight is 465 g/mol. The summed E-state index contributed by atoms with van der Waals surface area (Å²) in [5, 5.41) is 4.84. The fourth-order valence-electron chi connectivity index (χ4n) is 3.85. The van der Waals surface area contributed by atoms with E-state index in [4.69, 9.17) is 16.0 Å². The summed E-state index contributed by atoms with van der Waals surface area (Å²) in [4.78, 5) is 25.5. The van der Waals surface area contributed by atoms with E-state index in [9.17, 15) is 4.79 Å². The lowest BCUT2D eigenvalue weighted by atomic mass is 10.1. The molecule has 170 valence electrons. The maximum Gasteiger partial charge on any atom is 0.300 e. The van der Waals surface area contributed by atoms with E-state index < -0.39 is 0 Å². The van der Waals surface area contributed by atoms with Crippen molar-refractivity contribution in [3.63, 3.8) is 0 Å². The van der Waals surface area contributed by atoms with Gasteiger partial charge in [-0.1, -0.05) is 23.7 Å². The summed E-state index contributed by atoms with van der Waals surface area (Å²) < 4.78 is 7.75. The Kier molecular flexibility index (Phi) is 5.32. The first-order chi connectivity index (χ1) is 15.8. The highest BCUT2D eigenvalue weighted by atomic mass is 35.5. The predicted molar refractivity (Wildman–Crippen MR) is 128 cm³/mol. The second-order valence-electron chi connectivity index (χ2n) is 9.15. The number of nitrogens with zero attached hydrogens (tertiary/aromatic N) is 6. The van der Waals surface area contributed by atoms with Gasteiger partial charge >= 0.3 is 0 Å². The van der Waals surface area contributed by atoms with Gasteiger partial charge in [-0.15, -0.1) is 0 Å². The standard InChI is InChI=1S/C24H25ClN6O2/c1-24(2,3)31-15-18(14-26-31)16-4-6-17(7-5-16)22(32)29-10-12-30(13-11-29)23-28-21-19(33-23)8-9-20(25)27-21/h4-9,14-15H,10-13H2,1-3H3. The summed E-state index contributed by atoms with van der Waals surface area (Å²) in [5.41, 5.74) is 3.77. The molecule has 1 aliphatic rings. The quantitative estimate of drug-likeness (QED) is 0.416. The topological polar surface area (TPSA) is 80.3 Å². The van der Waals surface area contributed by atoms with Crippen LogP contribution in [0.2, 0.25) is 5.15 Å². The molecule has 9 heteroatoms. The molecule has 0 saturated carbocycles. The Bertz CT molecular complexity index is 1300. The number of carbonyl (C=O) groups is 1. The molecule has 0 aliphatic carbocycles. The SMILES string of the molecule is CC(C)(C)n1cc(-c2ccc(C(=O)N3CCN(c4nc5nc(Cl)ccc5o4)CC3)cc2)cn1. The normalized spacial score (nSPS) is 14.8. The number of rotatable bonds is 3. The van der Waals surface area contributed by atoms with E-state index in [0.717, 1.165) is 11.1 Å². The molecule has 1 saturated heterocycles. The number of anilines is 1. The molecule has 0 bridgehead atoms. The van der Waals surface area contributed by atoms with Crippen molar-refractivity contribution in [2.45, 2.75) is 26.3 Å². The van der Waals surface area contributed by atoms with E-state index in [1.165, 1.54) is 0 Å². The first kappa shape index (κ1) is 21.5. The van der Waals surface area contributed by atoms with E-state index in [0.29, 0.717) is 54.1 Å². The Morgan fingerprint density at radius 2 is 1.70 bits per heavy atom. The van der Waals surface area contributed by atoms with Crippen LogP contribution in [0.4, 0.5) is 6.01 Å². The van der Waals surface area contributed by atoms with Gasteiger partial charge in [0.05, 0.1) is 11.7 Å². The van der Waals surface area contributed by atoms with Gasteiger partial charge in [-0.05, 0) is 50.6 Å². The molecule has 4 heterocycles. The van der Waals surface area contributed by atoms with Crippen molar-refractivity contribution in [3.05, 3.63) is 59.5 Å². The molecule has 1 aromatic carbocycles. The monoisotopic (exact) mass is 464 g/mol. The molecule has 0 unspecified atom stereocenters. The zero-order valence-corrected chi connectivity index (χ0v) is 19.6. The second kappa shape index (κ2) is 8.19. The van der Waals surface area contributed by atoms with Crippen LogP contribution in [-0.2, 0) is 5.54 Å². The number of benzene rings is 1. The molecule has 5 rings (SSSR count). The third-order valence-corrected chi connectivity index (χ3v) is 5.99. The van der Waals surface area contributed by atoms with Crippen molar-refractivity contribution >= 4 is 34.8 Å². The largest absolute Gasteiger partial charge is 0.422 e. The number of aromatic nitrogens is 4. The van der Waals surface area contributed by atoms with E-state index in [2.05, 4.69) is 35.8 Å². The summed E-state index contributed by atoms with van der Waals surface area (Å²) in [6.07, 6.45) is 3.89. The molecule has 1 amide bonds. The summed E-state index contributed by atoms with van der Waals surface area (Å²) in [6.45, 7) is 8.79. The fourth-order valence-corrected chi connectivity index (χ4v) is 3.99. The van der Waals surface area contributed by atoms with Crippen LogP contribution in [0.15, 0.2) is 53.2 Å². The van der Waals surface area contributed by atoms with Gasteiger partial charge < -0.3 is 14.2 Å². The minimum Gasteiger partial charge on any atom is -0.422 e. The number of carbonyl (C=O) groups excluding carboxylic acids is 1. The Morgan fingerprint density at radius 1 is 0.970 bits per heavy atom. The van der Waals surface area contributed by atoms with Gasteiger partial charge in [0, 0.05) is 43.5 Å². The first-order valence-corrected chi connectivity index (χ1v) is 11.3. The summed E-state index contributed by atoms with van der Waals surface area (Å²) in [6, 6.07) is 11.7. The Hall–Kier alpha value is -3.39. The minimum atomic E-state index is -0.0717. The van der Waals surface area contributed by atoms with E-state index in [1.807, 2.05) is 51.1 Å². The van der Waals surface area contributed by atoms with Gasteiger partial charge in [-0.25, -0.2) is 4.98 Å². The molecule has 1 aliphatic heterocycles. The number of pyridine rings is 1. The van der Waals surface area contributed by atoms with Crippen LogP contribution in [-0.4, -0.2) is 56.7 Å². The molecule has 8 nitrogen and oxygen atoms in total. The average Bonchev–Trinajstić information content (AvgIpc) is 3.46. The molecule has 0 atom stereocenters. The predicted octanol–water partition coefficient (Wildman–Crippen LogP) is 4.46. The van der Waals surface area contributed by atoms with Gasteiger partial charge in [0.2, 0.25) is 5.65 Å². The smallest absolute Gasteiger partial charge is 0.300 e. The highest BCUT2D eigenvalue weighted by Gasteiger charge is 2.25. The van der Waals surface area contributed by atoms with Crippen molar-refractivity contribution in [1.29, 1.82) is 0 Å². The van der Waals surface area contributed by atoms with Crippen LogP contribution in [0.1, 0.15) is 31.1 Å². The Labute approximate surface area is 196 Å². The minimum absolute atomic E-state index is 0.0256. The van der Waals surface area contributed by atoms with Gasteiger partial charge in [0.15, 0.2) is 5.58 Å². The molecule has 0 radical (unpaired) electrons. The van der Waals surface area contributed by atoms with Crippen molar-refractivity contribution in [1.82, 2.24) is 24.6 Å². The number of hydrogen-bond donors (Lipinski definition) is 0. The van der Waals surface area contributed by atoms with Crippen molar-refractivity contribution < 1.29 is 9.21 Å². The lowest BCUT2D eigenvalue weighted by Crippen LogP contribution is -2.48. The molecule has 3 aromatic heterocycles. The molecular weight excluding hydrogens is 440 g/mol. The van der Waals surface area contributed by atoms with Crippen LogP contribution >= 0.6 is 11.6 Å². The summed E-state index contributed by atoms with van der Waals surface area (Å²) in [7, 11) is 0. The maximum absolute atomic E-state index is 13.0. The van der Waals surface area contributed by atoms with Crippen LogP contribution in [0.25, 0.3) is 22.4 Å². The molecule has 0 spiro atoms. The maximum atomic E-state index is 13.0. The van der Waals surface area contributed by atoms with Crippen molar-refractivity contribution in [2.75, 3.05) is 31.1 Å². The van der Waals surface area contributed by atoms with Gasteiger partial charge in [0.25, 0.3) is 11.9 Å². The van der Waals surface area contributed by atoms with E-state index >= 15 is 0 Å². The van der Waals surface area contributed by atoms with Crippen LogP contribution in [0.5, 0.6) is 0 Å². The molecular formula is C24H25ClN6O2. The molecule has 33 heavy (non-hydrogen) atoms. The number of fused-ring (bicyclic) bond motifs is 1. The zero-order chi connectivity index (χ0) is 23.2. The molecule has 1 fully saturated rings. The van der Waals surface area contributed by atoms with Crippen LogP contribution in [0, 0.1) is 0 Å². The van der Waals surface area contributed by atoms with E-state index in [1.54, 1.807) is 12.1 Å².